The zero-order chi connectivity index (χ0) is 13.8. The van der Waals surface area contributed by atoms with Crippen molar-refractivity contribution in [3.63, 3.8) is 0 Å². The number of piperidine rings is 1. The molecule has 0 spiro atoms. The van der Waals surface area contributed by atoms with Gasteiger partial charge in [-0.15, -0.1) is 0 Å². The predicted octanol–water partition coefficient (Wildman–Crippen LogP) is 1.94. The molecule has 110 valence electrons. The zero-order valence-electron chi connectivity index (χ0n) is 12.2. The average molecular weight is 274 g/mol. The second-order valence-corrected chi connectivity index (χ2v) is 6.23. The van der Waals surface area contributed by atoms with E-state index in [1.807, 2.05) is 12.1 Å². The smallest absolute Gasteiger partial charge is 0.0681 e. The Bertz CT molecular complexity index is 418. The van der Waals surface area contributed by atoms with E-state index in [0.717, 1.165) is 24.6 Å². The molecule has 2 aliphatic heterocycles. The van der Waals surface area contributed by atoms with Crippen molar-refractivity contribution in [2.24, 2.45) is 0 Å². The number of fused-ring (bicyclic) bond motifs is 1. The highest BCUT2D eigenvalue weighted by Gasteiger charge is 2.31. The number of benzene rings is 1. The van der Waals surface area contributed by atoms with Crippen molar-refractivity contribution in [1.82, 2.24) is 10.2 Å². The zero-order valence-corrected chi connectivity index (χ0v) is 12.2. The Morgan fingerprint density at radius 3 is 2.70 bits per heavy atom. The Morgan fingerprint density at radius 2 is 1.90 bits per heavy atom. The first-order valence-corrected chi connectivity index (χ1v) is 8.01. The number of aliphatic hydroxyl groups is 1. The lowest BCUT2D eigenvalue weighted by Crippen LogP contribution is -2.46. The second kappa shape index (κ2) is 6.70. The third kappa shape index (κ3) is 3.40. The number of aliphatic hydroxyl groups excluding tert-OH is 1. The van der Waals surface area contributed by atoms with Crippen molar-refractivity contribution in [3.05, 3.63) is 35.4 Å². The van der Waals surface area contributed by atoms with E-state index in [4.69, 9.17) is 5.11 Å². The summed E-state index contributed by atoms with van der Waals surface area (Å²) in [4.78, 5) is 2.67. The van der Waals surface area contributed by atoms with E-state index in [9.17, 15) is 0 Å². The highest BCUT2D eigenvalue weighted by Crippen LogP contribution is 2.26. The number of hydrogen-bond donors (Lipinski definition) is 2. The summed E-state index contributed by atoms with van der Waals surface area (Å²) in [6, 6.07) is 9.87. The van der Waals surface area contributed by atoms with Crippen molar-refractivity contribution >= 4 is 0 Å². The van der Waals surface area contributed by atoms with Gasteiger partial charge in [0.2, 0.25) is 0 Å². The Labute approximate surface area is 122 Å². The van der Waals surface area contributed by atoms with Crippen LogP contribution in [-0.4, -0.2) is 41.7 Å². The third-order valence-electron chi connectivity index (χ3n) is 4.87. The van der Waals surface area contributed by atoms with Gasteiger partial charge in [-0.05, 0) is 62.9 Å². The molecule has 3 nitrogen and oxygen atoms in total. The maximum absolute atomic E-state index is 9.03. The van der Waals surface area contributed by atoms with Gasteiger partial charge in [0, 0.05) is 12.1 Å². The fraction of sp³-hybridized carbons (Fsp3) is 0.647. The molecule has 2 saturated heterocycles. The van der Waals surface area contributed by atoms with Crippen molar-refractivity contribution in [3.8, 4) is 0 Å². The molecule has 2 aliphatic rings. The van der Waals surface area contributed by atoms with E-state index in [0.29, 0.717) is 6.04 Å². The maximum atomic E-state index is 9.03. The minimum absolute atomic E-state index is 0.137. The van der Waals surface area contributed by atoms with Crippen molar-refractivity contribution in [1.29, 1.82) is 0 Å². The molecule has 3 rings (SSSR count). The summed E-state index contributed by atoms with van der Waals surface area (Å²) < 4.78 is 0. The van der Waals surface area contributed by atoms with Crippen LogP contribution in [0.15, 0.2) is 24.3 Å². The van der Waals surface area contributed by atoms with Crippen molar-refractivity contribution < 1.29 is 5.11 Å². The van der Waals surface area contributed by atoms with Gasteiger partial charge >= 0.3 is 0 Å². The van der Waals surface area contributed by atoms with Gasteiger partial charge in [0.25, 0.3) is 0 Å². The molecule has 0 amide bonds. The first-order chi connectivity index (χ1) is 9.85. The molecule has 0 bridgehead atoms. The van der Waals surface area contributed by atoms with Crippen LogP contribution in [0.25, 0.3) is 0 Å². The van der Waals surface area contributed by atoms with Gasteiger partial charge < -0.3 is 15.3 Å². The lowest BCUT2D eigenvalue weighted by Gasteiger charge is -2.35. The van der Waals surface area contributed by atoms with Gasteiger partial charge in [0.1, 0.15) is 0 Å². The number of hydrogen-bond acceptors (Lipinski definition) is 3. The third-order valence-corrected chi connectivity index (χ3v) is 4.87. The van der Waals surface area contributed by atoms with E-state index in [-0.39, 0.29) is 6.61 Å². The molecule has 2 unspecified atom stereocenters. The fourth-order valence-electron chi connectivity index (χ4n) is 3.64. The van der Waals surface area contributed by atoms with E-state index in [1.54, 1.807) is 0 Å². The minimum atomic E-state index is 0.137. The molecule has 2 fully saturated rings. The Hall–Kier alpha value is -0.900. The molecule has 1 aromatic carbocycles. The molecular weight excluding hydrogens is 248 g/mol. The van der Waals surface area contributed by atoms with Crippen LogP contribution in [-0.2, 0) is 13.0 Å². The largest absolute Gasteiger partial charge is 0.392 e. The summed E-state index contributed by atoms with van der Waals surface area (Å²) in [5.74, 6) is 0. The minimum Gasteiger partial charge on any atom is -0.392 e. The molecule has 0 radical (unpaired) electrons. The van der Waals surface area contributed by atoms with Gasteiger partial charge in [-0.3, -0.25) is 0 Å². The van der Waals surface area contributed by atoms with Crippen LogP contribution < -0.4 is 5.32 Å². The standard InChI is InChI=1S/C17H26N2O/c20-13-15-5-3-14(4-6-15)7-9-18-16-8-11-19-10-1-2-17(19)12-16/h3-6,16-18,20H,1-2,7-13H2. The van der Waals surface area contributed by atoms with Gasteiger partial charge in [0.15, 0.2) is 0 Å². The molecule has 0 aliphatic carbocycles. The molecule has 3 heteroatoms. The highest BCUT2D eigenvalue weighted by atomic mass is 16.3. The molecule has 0 aromatic heterocycles. The lowest BCUT2D eigenvalue weighted by atomic mass is 9.97. The normalized spacial score (nSPS) is 26.6. The van der Waals surface area contributed by atoms with E-state index >= 15 is 0 Å². The SMILES string of the molecule is OCc1ccc(CCNC2CCN3CCCC3C2)cc1. The lowest BCUT2D eigenvalue weighted by molar-refractivity contribution is 0.167. The average Bonchev–Trinajstić information content (AvgIpc) is 2.95. The molecule has 2 N–H and O–H groups in total. The van der Waals surface area contributed by atoms with Crippen LogP contribution in [0.1, 0.15) is 36.8 Å². The molecule has 2 heterocycles. The van der Waals surface area contributed by atoms with Crippen molar-refractivity contribution in [2.75, 3.05) is 19.6 Å². The highest BCUT2D eigenvalue weighted by molar-refractivity contribution is 5.22. The van der Waals surface area contributed by atoms with Gasteiger partial charge in [-0.25, -0.2) is 0 Å². The van der Waals surface area contributed by atoms with Crippen LogP contribution in [0.3, 0.4) is 0 Å². The Morgan fingerprint density at radius 1 is 1.10 bits per heavy atom. The van der Waals surface area contributed by atoms with E-state index < -0.39 is 0 Å². The van der Waals surface area contributed by atoms with Gasteiger partial charge in [0.05, 0.1) is 6.61 Å². The van der Waals surface area contributed by atoms with Crippen LogP contribution >= 0.6 is 0 Å². The van der Waals surface area contributed by atoms with Crippen LogP contribution in [0.4, 0.5) is 0 Å². The maximum Gasteiger partial charge on any atom is 0.0681 e. The van der Waals surface area contributed by atoms with Crippen molar-refractivity contribution in [2.45, 2.75) is 50.8 Å². The van der Waals surface area contributed by atoms with Crippen LogP contribution in [0.5, 0.6) is 0 Å². The summed E-state index contributed by atoms with van der Waals surface area (Å²) in [5.41, 5.74) is 2.35. The van der Waals surface area contributed by atoms with Gasteiger partial charge in [-0.2, -0.15) is 0 Å². The predicted molar refractivity (Wildman–Crippen MR) is 81.7 cm³/mol. The summed E-state index contributed by atoms with van der Waals surface area (Å²) in [6.07, 6.45) is 6.52. The summed E-state index contributed by atoms with van der Waals surface area (Å²) in [5, 5.41) is 12.8. The monoisotopic (exact) mass is 274 g/mol. The summed E-state index contributed by atoms with van der Waals surface area (Å²) in [7, 11) is 0. The molecular formula is C17H26N2O. The first-order valence-electron chi connectivity index (χ1n) is 8.01. The number of nitrogens with zero attached hydrogens (tertiary/aromatic N) is 1. The summed E-state index contributed by atoms with van der Waals surface area (Å²) in [6.45, 7) is 3.82. The summed E-state index contributed by atoms with van der Waals surface area (Å²) >= 11 is 0. The molecule has 1 aromatic rings. The topological polar surface area (TPSA) is 35.5 Å². The fourth-order valence-corrected chi connectivity index (χ4v) is 3.64. The Kier molecular flexibility index (Phi) is 4.71. The number of nitrogens with one attached hydrogen (secondary N) is 1. The number of rotatable bonds is 5. The van der Waals surface area contributed by atoms with E-state index in [1.165, 1.54) is 44.3 Å². The molecule has 2 atom stereocenters. The van der Waals surface area contributed by atoms with E-state index in [2.05, 4.69) is 22.3 Å². The molecule has 20 heavy (non-hydrogen) atoms. The first kappa shape index (κ1) is 14.1. The van der Waals surface area contributed by atoms with Crippen LogP contribution in [0.2, 0.25) is 0 Å². The quantitative estimate of drug-likeness (QED) is 0.861. The van der Waals surface area contributed by atoms with Gasteiger partial charge in [-0.1, -0.05) is 24.3 Å². The Balaban J connectivity index is 1.41. The second-order valence-electron chi connectivity index (χ2n) is 6.23. The van der Waals surface area contributed by atoms with Crippen LogP contribution in [0, 0.1) is 0 Å². The molecule has 0 saturated carbocycles.